The first-order valence-corrected chi connectivity index (χ1v) is 8.08. The summed E-state index contributed by atoms with van der Waals surface area (Å²) in [5.41, 5.74) is 2.19. The third kappa shape index (κ3) is 3.14. The van der Waals surface area contributed by atoms with Crippen LogP contribution in [0, 0.1) is 0 Å². The van der Waals surface area contributed by atoms with Crippen LogP contribution in [-0.4, -0.2) is 49.4 Å². The van der Waals surface area contributed by atoms with Gasteiger partial charge in [-0.3, -0.25) is 14.9 Å². The Morgan fingerprint density at radius 3 is 2.64 bits per heavy atom. The molecule has 2 aliphatic heterocycles. The normalized spacial score (nSPS) is 23.5. The average molecular weight is 301 g/mol. The molecule has 3 rings (SSSR count). The van der Waals surface area contributed by atoms with Gasteiger partial charge in [0.05, 0.1) is 5.92 Å². The summed E-state index contributed by atoms with van der Waals surface area (Å²) in [7, 11) is 0. The van der Waals surface area contributed by atoms with Gasteiger partial charge in [0.2, 0.25) is 11.8 Å². The Morgan fingerprint density at radius 2 is 1.95 bits per heavy atom. The van der Waals surface area contributed by atoms with Crippen molar-refractivity contribution in [1.29, 1.82) is 0 Å². The van der Waals surface area contributed by atoms with Crippen LogP contribution in [0.4, 0.5) is 5.69 Å². The SMILES string of the molecule is CCN1CCN(c2cccc(C3CCC(=O)NC3=O)c2)CC1. The molecular weight excluding hydrogens is 278 g/mol. The van der Waals surface area contributed by atoms with Gasteiger partial charge >= 0.3 is 0 Å². The lowest BCUT2D eigenvalue weighted by molar-refractivity contribution is -0.134. The Morgan fingerprint density at radius 1 is 1.18 bits per heavy atom. The maximum atomic E-state index is 12.0. The highest BCUT2D eigenvalue weighted by molar-refractivity contribution is 6.01. The highest BCUT2D eigenvalue weighted by Gasteiger charge is 2.28. The summed E-state index contributed by atoms with van der Waals surface area (Å²) in [5, 5.41) is 2.44. The molecule has 1 aromatic rings. The minimum atomic E-state index is -0.199. The molecule has 0 aromatic heterocycles. The highest BCUT2D eigenvalue weighted by atomic mass is 16.2. The van der Waals surface area contributed by atoms with E-state index >= 15 is 0 Å². The predicted molar refractivity (Wildman–Crippen MR) is 85.9 cm³/mol. The summed E-state index contributed by atoms with van der Waals surface area (Å²) in [6.07, 6.45) is 1.04. The molecule has 2 saturated heterocycles. The van der Waals surface area contributed by atoms with Gasteiger partial charge in [0.1, 0.15) is 0 Å². The lowest BCUT2D eigenvalue weighted by atomic mass is 9.90. The van der Waals surface area contributed by atoms with E-state index in [1.807, 2.05) is 12.1 Å². The third-order valence-electron chi connectivity index (χ3n) is 4.70. The quantitative estimate of drug-likeness (QED) is 0.856. The van der Waals surface area contributed by atoms with E-state index in [1.54, 1.807) is 0 Å². The molecular formula is C17H23N3O2. The molecule has 0 spiro atoms. The first kappa shape index (κ1) is 15.0. The molecule has 2 amide bonds. The number of carbonyl (C=O) groups excluding carboxylic acids is 2. The molecule has 22 heavy (non-hydrogen) atoms. The van der Waals surface area contributed by atoms with Crippen molar-refractivity contribution in [2.45, 2.75) is 25.7 Å². The molecule has 0 bridgehead atoms. The van der Waals surface area contributed by atoms with Crippen molar-refractivity contribution >= 4 is 17.5 Å². The number of benzene rings is 1. The number of nitrogens with one attached hydrogen (secondary N) is 1. The number of amides is 2. The van der Waals surface area contributed by atoms with Crippen LogP contribution in [-0.2, 0) is 9.59 Å². The van der Waals surface area contributed by atoms with Gasteiger partial charge in [0.25, 0.3) is 0 Å². The van der Waals surface area contributed by atoms with Crippen molar-refractivity contribution in [3.63, 3.8) is 0 Å². The van der Waals surface area contributed by atoms with Crippen LogP contribution in [0.25, 0.3) is 0 Å². The summed E-state index contributed by atoms with van der Waals surface area (Å²) >= 11 is 0. The fourth-order valence-electron chi connectivity index (χ4n) is 3.27. The van der Waals surface area contributed by atoms with Gasteiger partial charge in [-0.1, -0.05) is 19.1 Å². The van der Waals surface area contributed by atoms with E-state index in [9.17, 15) is 9.59 Å². The summed E-state index contributed by atoms with van der Waals surface area (Å²) in [5.74, 6) is -0.521. The van der Waals surface area contributed by atoms with Crippen LogP contribution in [0.2, 0.25) is 0 Å². The number of hydrogen-bond donors (Lipinski definition) is 1. The molecule has 2 fully saturated rings. The maximum Gasteiger partial charge on any atom is 0.234 e. The molecule has 2 heterocycles. The van der Waals surface area contributed by atoms with E-state index in [-0.39, 0.29) is 17.7 Å². The van der Waals surface area contributed by atoms with Crippen LogP contribution in [0.5, 0.6) is 0 Å². The smallest absolute Gasteiger partial charge is 0.234 e. The van der Waals surface area contributed by atoms with Crippen molar-refractivity contribution in [3.05, 3.63) is 29.8 Å². The van der Waals surface area contributed by atoms with Gasteiger partial charge in [0.15, 0.2) is 0 Å². The molecule has 0 saturated carbocycles. The van der Waals surface area contributed by atoms with E-state index in [0.717, 1.165) is 38.3 Å². The highest BCUT2D eigenvalue weighted by Crippen LogP contribution is 2.28. The number of carbonyl (C=O) groups is 2. The first-order valence-electron chi connectivity index (χ1n) is 8.08. The van der Waals surface area contributed by atoms with Gasteiger partial charge in [-0.2, -0.15) is 0 Å². The second kappa shape index (κ2) is 6.48. The summed E-state index contributed by atoms with van der Waals surface area (Å²) in [4.78, 5) is 28.1. The van der Waals surface area contributed by atoms with E-state index in [0.29, 0.717) is 12.8 Å². The second-order valence-electron chi connectivity index (χ2n) is 6.02. The van der Waals surface area contributed by atoms with Gasteiger partial charge in [-0.05, 0) is 30.7 Å². The standard InChI is InChI=1S/C17H23N3O2/c1-2-19-8-10-20(11-9-19)14-5-3-4-13(12-14)15-6-7-16(21)18-17(15)22/h3-5,12,15H,2,6-11H2,1H3,(H,18,21,22). The number of imide groups is 1. The number of rotatable bonds is 3. The van der Waals surface area contributed by atoms with E-state index in [1.165, 1.54) is 5.69 Å². The van der Waals surface area contributed by atoms with E-state index in [4.69, 9.17) is 0 Å². The molecule has 0 radical (unpaired) electrons. The van der Waals surface area contributed by atoms with E-state index < -0.39 is 0 Å². The Hall–Kier alpha value is -1.88. The fourth-order valence-corrected chi connectivity index (χ4v) is 3.27. The molecule has 1 atom stereocenters. The predicted octanol–water partition coefficient (Wildman–Crippen LogP) is 1.35. The largest absolute Gasteiger partial charge is 0.369 e. The summed E-state index contributed by atoms with van der Waals surface area (Å²) < 4.78 is 0. The molecule has 1 unspecified atom stereocenters. The van der Waals surface area contributed by atoms with Crippen LogP contribution >= 0.6 is 0 Å². The molecule has 1 N–H and O–H groups in total. The van der Waals surface area contributed by atoms with Crippen LogP contribution < -0.4 is 10.2 Å². The fraction of sp³-hybridized carbons (Fsp3) is 0.529. The Bertz CT molecular complexity index is 565. The average Bonchev–Trinajstić information content (AvgIpc) is 2.55. The second-order valence-corrected chi connectivity index (χ2v) is 6.02. The number of anilines is 1. The minimum Gasteiger partial charge on any atom is -0.369 e. The third-order valence-corrected chi connectivity index (χ3v) is 4.70. The van der Waals surface area contributed by atoms with Crippen LogP contribution in [0.1, 0.15) is 31.2 Å². The summed E-state index contributed by atoms with van der Waals surface area (Å²) in [6.45, 7) is 7.50. The number of piperazine rings is 1. The maximum absolute atomic E-state index is 12.0. The first-order chi connectivity index (χ1) is 10.7. The van der Waals surface area contributed by atoms with Crippen molar-refractivity contribution < 1.29 is 9.59 Å². The number of piperidine rings is 1. The minimum absolute atomic E-state index is 0.159. The van der Waals surface area contributed by atoms with Crippen LogP contribution in [0.15, 0.2) is 24.3 Å². The van der Waals surface area contributed by atoms with Crippen LogP contribution in [0.3, 0.4) is 0 Å². The van der Waals surface area contributed by atoms with Gasteiger partial charge in [-0.15, -0.1) is 0 Å². The van der Waals surface area contributed by atoms with Gasteiger partial charge in [0, 0.05) is 38.3 Å². The zero-order valence-corrected chi connectivity index (χ0v) is 13.0. The molecule has 1 aromatic carbocycles. The molecule has 5 nitrogen and oxygen atoms in total. The number of likely N-dealkylation sites (N-methyl/N-ethyl adjacent to an activating group) is 1. The molecule has 118 valence electrons. The number of nitrogens with zero attached hydrogens (tertiary/aromatic N) is 2. The topological polar surface area (TPSA) is 52.6 Å². The zero-order chi connectivity index (χ0) is 15.5. The van der Waals surface area contributed by atoms with E-state index in [2.05, 4.69) is 34.2 Å². The van der Waals surface area contributed by atoms with Crippen molar-refractivity contribution in [2.24, 2.45) is 0 Å². The lowest BCUT2D eigenvalue weighted by Crippen LogP contribution is -2.46. The molecule has 2 aliphatic rings. The monoisotopic (exact) mass is 301 g/mol. The summed E-state index contributed by atoms with van der Waals surface area (Å²) in [6, 6.07) is 8.23. The molecule has 0 aliphatic carbocycles. The van der Waals surface area contributed by atoms with Crippen molar-refractivity contribution in [2.75, 3.05) is 37.6 Å². The zero-order valence-electron chi connectivity index (χ0n) is 13.0. The number of hydrogen-bond acceptors (Lipinski definition) is 4. The van der Waals surface area contributed by atoms with Crippen molar-refractivity contribution in [3.8, 4) is 0 Å². The van der Waals surface area contributed by atoms with Crippen molar-refractivity contribution in [1.82, 2.24) is 10.2 Å². The molecule has 5 heteroatoms. The Balaban J connectivity index is 1.73. The van der Waals surface area contributed by atoms with Gasteiger partial charge < -0.3 is 9.80 Å². The lowest BCUT2D eigenvalue weighted by Gasteiger charge is -2.36. The Labute approximate surface area is 131 Å². The van der Waals surface area contributed by atoms with Gasteiger partial charge in [-0.25, -0.2) is 0 Å². The Kier molecular flexibility index (Phi) is 4.43.